The van der Waals surface area contributed by atoms with Crippen LogP contribution in [0, 0.1) is 0 Å². The van der Waals surface area contributed by atoms with Gasteiger partial charge < -0.3 is 9.47 Å². The van der Waals surface area contributed by atoms with Crippen molar-refractivity contribution < 1.29 is 44.2 Å². The van der Waals surface area contributed by atoms with Crippen molar-refractivity contribution in [2.24, 2.45) is 0 Å². The Morgan fingerprint density at radius 3 is 1.28 bits per heavy atom. The van der Waals surface area contributed by atoms with Gasteiger partial charge in [0.15, 0.2) is 10.7 Å². The maximum absolute atomic E-state index is 14.3. The zero-order valence-corrected chi connectivity index (χ0v) is 20.2. The minimum Gasteiger partial charge on any atom is -0.488 e. The fourth-order valence-electron chi connectivity index (χ4n) is 3.65. The molecule has 194 valence electrons. The molecule has 0 unspecified atom stereocenters. The lowest BCUT2D eigenvalue weighted by Crippen LogP contribution is -2.54. The van der Waals surface area contributed by atoms with Crippen LogP contribution < -0.4 is 9.47 Å². The SMILES string of the molecule is CC(C)(C)Oc1ccc(C(c2ccc(Oc3ccc([SH](=O)=O)cc3)cc2)(C(F)(F)F)C(F)(F)F)cc1. The smallest absolute Gasteiger partial charge is 0.411 e. The standard InChI is InChI=1S/C25H22F6O4S/c1-22(2,3)35-20-10-6-17(7-11-20)23(24(26,27)28,25(29,30)31)16-4-8-18(9-5-16)34-19-12-14-21(15-13-19)36(32)33/h4-15,36H,1-3H3. The largest absolute Gasteiger partial charge is 0.488 e. The summed E-state index contributed by atoms with van der Waals surface area (Å²) in [6.45, 7) is 5.08. The van der Waals surface area contributed by atoms with Gasteiger partial charge in [-0.05, 0) is 80.4 Å². The van der Waals surface area contributed by atoms with Crippen molar-refractivity contribution in [3.05, 3.63) is 83.9 Å². The van der Waals surface area contributed by atoms with Crippen LogP contribution in [0.5, 0.6) is 17.2 Å². The molecule has 0 saturated carbocycles. The predicted octanol–water partition coefficient (Wildman–Crippen LogP) is 7.04. The van der Waals surface area contributed by atoms with Gasteiger partial charge in [0.1, 0.15) is 22.8 Å². The highest BCUT2D eigenvalue weighted by Gasteiger charge is 2.72. The summed E-state index contributed by atoms with van der Waals surface area (Å²) in [6.07, 6.45) is -11.5. The summed E-state index contributed by atoms with van der Waals surface area (Å²) < 4.78 is 119. The van der Waals surface area contributed by atoms with Crippen LogP contribution in [0.1, 0.15) is 31.9 Å². The number of rotatable bonds is 6. The monoisotopic (exact) mass is 532 g/mol. The number of alkyl halides is 6. The Balaban J connectivity index is 2.04. The fourth-order valence-corrected chi connectivity index (χ4v) is 4.05. The first kappa shape index (κ1) is 27.4. The van der Waals surface area contributed by atoms with Crippen molar-refractivity contribution in [3.63, 3.8) is 0 Å². The van der Waals surface area contributed by atoms with Crippen molar-refractivity contribution in [1.29, 1.82) is 0 Å². The Morgan fingerprint density at radius 1 is 0.583 bits per heavy atom. The van der Waals surface area contributed by atoms with Crippen LogP contribution in [-0.4, -0.2) is 26.4 Å². The highest BCUT2D eigenvalue weighted by atomic mass is 32.2. The molecule has 0 radical (unpaired) electrons. The Morgan fingerprint density at radius 2 is 0.944 bits per heavy atom. The topological polar surface area (TPSA) is 52.6 Å². The fraction of sp³-hybridized carbons (Fsp3) is 0.280. The Hall–Kier alpha value is -3.21. The van der Waals surface area contributed by atoms with Crippen LogP contribution in [0.4, 0.5) is 26.3 Å². The lowest BCUT2D eigenvalue weighted by atomic mass is 9.73. The molecule has 0 bridgehead atoms. The predicted molar refractivity (Wildman–Crippen MR) is 121 cm³/mol. The number of ether oxygens (including phenoxy) is 2. The summed E-state index contributed by atoms with van der Waals surface area (Å²) in [5, 5.41) is 0. The zero-order valence-electron chi connectivity index (χ0n) is 19.3. The number of hydrogen-bond acceptors (Lipinski definition) is 4. The van der Waals surface area contributed by atoms with E-state index in [1.54, 1.807) is 20.8 Å². The molecule has 3 rings (SSSR count). The second kappa shape index (κ2) is 9.68. The highest BCUT2D eigenvalue weighted by Crippen LogP contribution is 2.56. The average Bonchev–Trinajstić information content (AvgIpc) is 2.74. The molecule has 0 N–H and O–H groups in total. The van der Waals surface area contributed by atoms with E-state index in [2.05, 4.69) is 0 Å². The van der Waals surface area contributed by atoms with Crippen LogP contribution in [0.25, 0.3) is 0 Å². The number of hydrogen-bond donors (Lipinski definition) is 1. The van der Waals surface area contributed by atoms with E-state index in [1.165, 1.54) is 24.3 Å². The maximum atomic E-state index is 14.3. The molecule has 3 aromatic carbocycles. The van der Waals surface area contributed by atoms with E-state index < -0.39 is 45.2 Å². The summed E-state index contributed by atoms with van der Waals surface area (Å²) >= 11 is 0. The van der Waals surface area contributed by atoms with Gasteiger partial charge in [-0.15, -0.1) is 0 Å². The molecule has 0 aromatic heterocycles. The van der Waals surface area contributed by atoms with Gasteiger partial charge in [-0.3, -0.25) is 0 Å². The lowest BCUT2D eigenvalue weighted by molar-refractivity contribution is -0.288. The quantitative estimate of drug-likeness (QED) is 0.273. The first-order chi connectivity index (χ1) is 16.5. The summed E-state index contributed by atoms with van der Waals surface area (Å²) in [4.78, 5) is 0.0201. The number of halogens is 6. The molecule has 0 aliphatic heterocycles. The molecule has 0 aliphatic carbocycles. The number of benzene rings is 3. The van der Waals surface area contributed by atoms with E-state index in [0.717, 1.165) is 36.4 Å². The lowest BCUT2D eigenvalue weighted by Gasteiger charge is -2.38. The Labute approximate surface area is 205 Å². The van der Waals surface area contributed by atoms with Gasteiger partial charge in [-0.25, -0.2) is 8.42 Å². The van der Waals surface area contributed by atoms with Gasteiger partial charge in [0.05, 0.1) is 4.90 Å². The third-order valence-electron chi connectivity index (χ3n) is 5.13. The highest BCUT2D eigenvalue weighted by molar-refractivity contribution is 7.72. The molecular formula is C25H22F6O4S. The van der Waals surface area contributed by atoms with Crippen molar-refractivity contribution in [2.45, 2.75) is 49.0 Å². The van der Waals surface area contributed by atoms with Gasteiger partial charge in [-0.1, -0.05) is 24.3 Å². The van der Waals surface area contributed by atoms with E-state index >= 15 is 0 Å². The molecule has 0 spiro atoms. The molecule has 0 aliphatic rings. The molecule has 0 amide bonds. The first-order valence-corrected chi connectivity index (χ1v) is 11.7. The van der Waals surface area contributed by atoms with Gasteiger partial charge in [-0.2, -0.15) is 26.3 Å². The molecule has 4 nitrogen and oxygen atoms in total. The Bertz CT molecular complexity index is 1230. The Kier molecular flexibility index (Phi) is 7.36. The van der Waals surface area contributed by atoms with Crippen molar-refractivity contribution >= 4 is 10.7 Å². The second-order valence-electron chi connectivity index (χ2n) is 8.86. The van der Waals surface area contributed by atoms with E-state index in [4.69, 9.17) is 9.47 Å². The molecular weight excluding hydrogens is 510 g/mol. The van der Waals surface area contributed by atoms with Gasteiger partial charge in [0.25, 0.3) is 0 Å². The van der Waals surface area contributed by atoms with Gasteiger partial charge in [0.2, 0.25) is 5.41 Å². The van der Waals surface area contributed by atoms with Gasteiger partial charge in [0, 0.05) is 0 Å². The van der Waals surface area contributed by atoms with Crippen LogP contribution in [0.3, 0.4) is 0 Å². The number of thiol groups is 1. The maximum Gasteiger partial charge on any atom is 0.411 e. The average molecular weight is 533 g/mol. The molecule has 0 saturated heterocycles. The molecule has 11 heteroatoms. The van der Waals surface area contributed by atoms with Crippen LogP contribution in [-0.2, 0) is 16.1 Å². The van der Waals surface area contributed by atoms with Crippen molar-refractivity contribution in [2.75, 3.05) is 0 Å². The molecule has 36 heavy (non-hydrogen) atoms. The molecule has 0 fully saturated rings. The van der Waals surface area contributed by atoms with Crippen LogP contribution in [0.2, 0.25) is 0 Å². The minimum atomic E-state index is -5.73. The van der Waals surface area contributed by atoms with Crippen molar-refractivity contribution in [3.8, 4) is 17.2 Å². The minimum absolute atomic E-state index is 0.0201. The van der Waals surface area contributed by atoms with E-state index in [1.807, 2.05) is 0 Å². The molecule has 3 aromatic rings. The summed E-state index contributed by atoms with van der Waals surface area (Å²) in [5.74, 6) is 0.238. The van der Waals surface area contributed by atoms with E-state index in [-0.39, 0.29) is 22.1 Å². The summed E-state index contributed by atoms with van der Waals surface area (Å²) in [5.41, 5.74) is -7.06. The van der Waals surface area contributed by atoms with Gasteiger partial charge >= 0.3 is 12.4 Å². The molecule has 0 atom stereocenters. The summed E-state index contributed by atoms with van der Waals surface area (Å²) in [6, 6.07) is 12.2. The van der Waals surface area contributed by atoms with Crippen LogP contribution >= 0.6 is 0 Å². The normalized spacial score (nSPS) is 13.1. The second-order valence-corrected chi connectivity index (χ2v) is 9.89. The zero-order chi connectivity index (χ0) is 26.9. The van der Waals surface area contributed by atoms with Crippen LogP contribution in [0.15, 0.2) is 77.7 Å². The van der Waals surface area contributed by atoms with E-state index in [0.29, 0.717) is 12.1 Å². The summed E-state index contributed by atoms with van der Waals surface area (Å²) in [7, 11) is -2.82. The third kappa shape index (κ3) is 5.61. The van der Waals surface area contributed by atoms with E-state index in [9.17, 15) is 34.8 Å². The third-order valence-corrected chi connectivity index (χ3v) is 5.85. The van der Waals surface area contributed by atoms with Crippen molar-refractivity contribution in [1.82, 2.24) is 0 Å². The first-order valence-electron chi connectivity index (χ1n) is 10.5. The molecule has 0 heterocycles.